The summed E-state index contributed by atoms with van der Waals surface area (Å²) in [5, 5.41) is 25.4. The molecule has 0 spiro atoms. The van der Waals surface area contributed by atoms with Crippen LogP contribution in [0.3, 0.4) is 0 Å². The van der Waals surface area contributed by atoms with Crippen molar-refractivity contribution in [3.63, 3.8) is 0 Å². The van der Waals surface area contributed by atoms with E-state index < -0.39 is 5.41 Å². The molecule has 0 saturated carbocycles. The third-order valence-corrected chi connectivity index (χ3v) is 2.68. The highest BCUT2D eigenvalue weighted by molar-refractivity contribution is 5.88. The molecule has 3 N–H and O–H groups in total. The summed E-state index contributed by atoms with van der Waals surface area (Å²) in [4.78, 5) is 20.9. The van der Waals surface area contributed by atoms with Gasteiger partial charge in [0.25, 0.3) is 0 Å². The van der Waals surface area contributed by atoms with Crippen LogP contribution >= 0.6 is 0 Å². The largest absolute Gasteiger partial charge is 0.495 e. The van der Waals surface area contributed by atoms with E-state index in [9.17, 15) is 9.59 Å². The molecule has 0 aromatic heterocycles. The lowest BCUT2D eigenvalue weighted by Gasteiger charge is -2.20. The summed E-state index contributed by atoms with van der Waals surface area (Å²) in [6, 6.07) is 4.83. The summed E-state index contributed by atoms with van der Waals surface area (Å²) in [5.41, 5.74) is 0.0733. The Hall–Kier alpha value is -1.76. The molecule has 1 aromatic carbocycles. The van der Waals surface area contributed by atoms with Gasteiger partial charge < -0.3 is 20.1 Å². The maximum Gasteiger partial charge on any atom is 0.153 e. The normalized spacial score (nSPS) is 10.2. The van der Waals surface area contributed by atoms with E-state index >= 15 is 0 Å². The number of ether oxygens (including phenoxy) is 1. The van der Waals surface area contributed by atoms with Gasteiger partial charge >= 0.3 is 0 Å². The lowest BCUT2D eigenvalue weighted by atomic mass is 9.95. The molecule has 0 amide bonds. The molecule has 0 radical (unpaired) electrons. The summed E-state index contributed by atoms with van der Waals surface area (Å²) in [5.74, 6) is 0.336. The van der Waals surface area contributed by atoms with Crippen LogP contribution < -0.4 is 4.74 Å². The van der Waals surface area contributed by atoms with Gasteiger partial charge in [-0.2, -0.15) is 0 Å². The molecule has 0 fully saturated rings. The van der Waals surface area contributed by atoms with Crippen molar-refractivity contribution in [2.24, 2.45) is 5.41 Å². The van der Waals surface area contributed by atoms with Crippen LogP contribution in [0.5, 0.6) is 5.75 Å². The van der Waals surface area contributed by atoms with Gasteiger partial charge in [0.15, 0.2) is 12.6 Å². The minimum absolute atomic E-state index is 0.181. The molecule has 0 unspecified atom stereocenters. The zero-order valence-electron chi connectivity index (χ0n) is 11.6. The van der Waals surface area contributed by atoms with Crippen LogP contribution in [0.4, 0.5) is 0 Å². The number of carbonyl (C=O) groups excluding carboxylic acids is 2. The number of benzene rings is 1. The van der Waals surface area contributed by atoms with Gasteiger partial charge in [-0.3, -0.25) is 9.59 Å². The number of methoxy groups -OCH3 is 1. The summed E-state index contributed by atoms with van der Waals surface area (Å²) in [6.07, 6.45) is 1.32. The molecule has 6 heteroatoms. The van der Waals surface area contributed by atoms with Crippen LogP contribution in [0.2, 0.25) is 0 Å². The second-order valence-corrected chi connectivity index (χ2v) is 4.49. The van der Waals surface area contributed by atoms with Crippen molar-refractivity contribution >= 4 is 12.6 Å². The number of hydrogen-bond acceptors (Lipinski definition) is 6. The summed E-state index contributed by atoms with van der Waals surface area (Å²) < 4.78 is 4.90. The van der Waals surface area contributed by atoms with Gasteiger partial charge in [0, 0.05) is 5.41 Å². The molecular formula is C14H20O6. The van der Waals surface area contributed by atoms with Gasteiger partial charge in [0.1, 0.15) is 5.75 Å². The first-order valence-electron chi connectivity index (χ1n) is 5.91. The maximum atomic E-state index is 10.5. The molecule has 1 rings (SSSR count). The van der Waals surface area contributed by atoms with Crippen LogP contribution in [-0.2, 0) is 0 Å². The highest BCUT2D eigenvalue weighted by Crippen LogP contribution is 2.20. The molecule has 112 valence electrons. The average Bonchev–Trinajstić information content (AvgIpc) is 2.53. The van der Waals surface area contributed by atoms with E-state index in [4.69, 9.17) is 20.1 Å². The number of hydrogen-bond donors (Lipinski definition) is 3. The number of carbonyl (C=O) groups is 2. The Labute approximate surface area is 117 Å². The Morgan fingerprint density at radius 2 is 1.45 bits per heavy atom. The van der Waals surface area contributed by atoms with Crippen LogP contribution in [-0.4, -0.2) is 54.8 Å². The van der Waals surface area contributed by atoms with Crippen molar-refractivity contribution in [2.45, 2.75) is 6.92 Å². The smallest absolute Gasteiger partial charge is 0.153 e. The van der Waals surface area contributed by atoms with E-state index in [0.717, 1.165) is 0 Å². The number of aliphatic hydroxyl groups excluding tert-OH is 3. The van der Waals surface area contributed by atoms with Crippen molar-refractivity contribution in [3.8, 4) is 5.75 Å². The van der Waals surface area contributed by atoms with Crippen molar-refractivity contribution in [2.75, 3.05) is 26.9 Å². The molecule has 20 heavy (non-hydrogen) atoms. The SMILES string of the molecule is CC(CO)(CO)CO.COc1c(C=O)cccc1C=O. The monoisotopic (exact) mass is 284 g/mol. The van der Waals surface area contributed by atoms with E-state index in [-0.39, 0.29) is 19.8 Å². The third-order valence-electron chi connectivity index (χ3n) is 2.68. The van der Waals surface area contributed by atoms with E-state index in [1.807, 2.05) is 0 Å². The summed E-state index contributed by atoms with van der Waals surface area (Å²) >= 11 is 0. The Morgan fingerprint density at radius 1 is 1.05 bits per heavy atom. The lowest BCUT2D eigenvalue weighted by Crippen LogP contribution is -2.29. The third kappa shape index (κ3) is 5.08. The molecule has 0 bridgehead atoms. The number of aliphatic hydroxyl groups is 3. The number of rotatable bonds is 6. The quantitative estimate of drug-likeness (QED) is 0.649. The summed E-state index contributed by atoms with van der Waals surface area (Å²) in [6.45, 7) is 1.06. The Morgan fingerprint density at radius 3 is 1.65 bits per heavy atom. The Bertz CT molecular complexity index is 391. The first-order chi connectivity index (χ1) is 9.51. The van der Waals surface area contributed by atoms with Gasteiger partial charge in [-0.15, -0.1) is 0 Å². The standard InChI is InChI=1S/C9H8O3.C5H12O3/c1-12-9-7(5-10)3-2-4-8(9)6-11;1-5(2-6,3-7)4-8/h2-6H,1H3;6-8H,2-4H2,1H3. The Balaban J connectivity index is 0.000000396. The minimum Gasteiger partial charge on any atom is -0.495 e. The van der Waals surface area contributed by atoms with E-state index in [1.165, 1.54) is 7.11 Å². The molecule has 0 atom stereocenters. The lowest BCUT2D eigenvalue weighted by molar-refractivity contribution is 0.0200. The fraction of sp³-hybridized carbons (Fsp3) is 0.429. The molecule has 0 aliphatic rings. The molecule has 0 saturated heterocycles. The predicted molar refractivity (Wildman–Crippen MR) is 73.1 cm³/mol. The highest BCUT2D eigenvalue weighted by atomic mass is 16.5. The first kappa shape index (κ1) is 18.2. The number of para-hydroxylation sites is 1. The van der Waals surface area contributed by atoms with Gasteiger partial charge in [0.2, 0.25) is 0 Å². The zero-order valence-corrected chi connectivity index (χ0v) is 11.6. The fourth-order valence-electron chi connectivity index (χ4n) is 1.14. The van der Waals surface area contributed by atoms with Crippen LogP contribution in [0.1, 0.15) is 27.6 Å². The van der Waals surface area contributed by atoms with Gasteiger partial charge in [-0.25, -0.2) is 0 Å². The first-order valence-corrected chi connectivity index (χ1v) is 5.91. The maximum absolute atomic E-state index is 10.5. The van der Waals surface area contributed by atoms with Gasteiger partial charge in [-0.05, 0) is 12.1 Å². The predicted octanol–water partition coefficient (Wildman–Crippen LogP) is 0.290. The second-order valence-electron chi connectivity index (χ2n) is 4.49. The minimum atomic E-state index is -0.708. The van der Waals surface area contributed by atoms with Crippen molar-refractivity contribution < 1.29 is 29.6 Å². The fourth-order valence-corrected chi connectivity index (χ4v) is 1.14. The summed E-state index contributed by atoms with van der Waals surface area (Å²) in [7, 11) is 1.43. The molecule has 0 aliphatic heterocycles. The number of aldehydes is 2. The molecule has 0 heterocycles. The van der Waals surface area contributed by atoms with Crippen LogP contribution in [0, 0.1) is 5.41 Å². The molecule has 6 nitrogen and oxygen atoms in total. The highest BCUT2D eigenvalue weighted by Gasteiger charge is 2.20. The van der Waals surface area contributed by atoms with Gasteiger partial charge in [0.05, 0.1) is 38.1 Å². The average molecular weight is 284 g/mol. The van der Waals surface area contributed by atoms with Crippen molar-refractivity contribution in [1.82, 2.24) is 0 Å². The zero-order chi connectivity index (χ0) is 15.6. The van der Waals surface area contributed by atoms with Gasteiger partial charge in [-0.1, -0.05) is 13.0 Å². The van der Waals surface area contributed by atoms with E-state index in [2.05, 4.69) is 0 Å². The van der Waals surface area contributed by atoms with E-state index in [1.54, 1.807) is 25.1 Å². The van der Waals surface area contributed by atoms with Crippen LogP contribution in [0.15, 0.2) is 18.2 Å². The molecule has 0 aliphatic carbocycles. The molecule has 1 aromatic rings. The second kappa shape index (κ2) is 9.19. The van der Waals surface area contributed by atoms with E-state index in [0.29, 0.717) is 29.4 Å². The topological polar surface area (TPSA) is 104 Å². The van der Waals surface area contributed by atoms with Crippen molar-refractivity contribution in [3.05, 3.63) is 29.3 Å². The van der Waals surface area contributed by atoms with Crippen LogP contribution in [0.25, 0.3) is 0 Å². The molecular weight excluding hydrogens is 264 g/mol. The van der Waals surface area contributed by atoms with Crippen molar-refractivity contribution in [1.29, 1.82) is 0 Å². The Kier molecular flexibility index (Phi) is 8.38.